The predicted octanol–water partition coefficient (Wildman–Crippen LogP) is 3.43. The van der Waals surface area contributed by atoms with Gasteiger partial charge in [0.05, 0.1) is 18.5 Å². The van der Waals surface area contributed by atoms with E-state index in [1.807, 2.05) is 0 Å². The molecule has 19 heavy (non-hydrogen) atoms. The van der Waals surface area contributed by atoms with Crippen molar-refractivity contribution >= 4 is 11.4 Å². The summed E-state index contributed by atoms with van der Waals surface area (Å²) in [7, 11) is 1.48. The van der Waals surface area contributed by atoms with Crippen LogP contribution in [0.5, 0.6) is 5.75 Å². The van der Waals surface area contributed by atoms with E-state index < -0.39 is 5.82 Å². The average Bonchev–Trinajstić information content (AvgIpc) is 2.41. The molecule has 0 aliphatic carbocycles. The van der Waals surface area contributed by atoms with Gasteiger partial charge in [-0.25, -0.2) is 4.39 Å². The van der Waals surface area contributed by atoms with E-state index in [1.54, 1.807) is 6.07 Å². The zero-order valence-electron chi connectivity index (χ0n) is 11.8. The highest BCUT2D eigenvalue weighted by Crippen LogP contribution is 2.34. The second kappa shape index (κ2) is 6.13. The number of piperidine rings is 1. The zero-order valence-corrected chi connectivity index (χ0v) is 11.8. The molecule has 4 heteroatoms. The Hall–Kier alpha value is -1.45. The van der Waals surface area contributed by atoms with Crippen LogP contribution in [0.15, 0.2) is 12.1 Å². The minimum atomic E-state index is -0.399. The summed E-state index contributed by atoms with van der Waals surface area (Å²) in [5, 5.41) is 0. The van der Waals surface area contributed by atoms with Crippen LogP contribution in [0.4, 0.5) is 15.8 Å². The summed E-state index contributed by atoms with van der Waals surface area (Å²) in [6.45, 7) is 4.21. The van der Waals surface area contributed by atoms with E-state index in [2.05, 4.69) is 11.8 Å². The van der Waals surface area contributed by atoms with Crippen molar-refractivity contribution < 1.29 is 9.13 Å². The summed E-state index contributed by atoms with van der Waals surface area (Å²) in [5.74, 6) is 0.689. The largest absolute Gasteiger partial charge is 0.494 e. The first-order chi connectivity index (χ1) is 9.15. The highest BCUT2D eigenvalue weighted by Gasteiger charge is 2.21. The smallest absolute Gasteiger partial charge is 0.167 e. The van der Waals surface area contributed by atoms with E-state index in [4.69, 9.17) is 10.5 Å². The maximum Gasteiger partial charge on any atom is 0.167 e. The van der Waals surface area contributed by atoms with Crippen LogP contribution in [0.2, 0.25) is 0 Å². The molecule has 3 nitrogen and oxygen atoms in total. The average molecular weight is 266 g/mol. The van der Waals surface area contributed by atoms with Crippen molar-refractivity contribution in [3.8, 4) is 5.75 Å². The molecule has 0 bridgehead atoms. The normalized spacial score (nSPS) is 16.7. The van der Waals surface area contributed by atoms with Crippen LogP contribution in [-0.4, -0.2) is 20.2 Å². The quantitative estimate of drug-likeness (QED) is 0.848. The van der Waals surface area contributed by atoms with Gasteiger partial charge in [-0.3, -0.25) is 0 Å². The van der Waals surface area contributed by atoms with Crippen LogP contribution in [0.3, 0.4) is 0 Å². The first-order valence-corrected chi connectivity index (χ1v) is 7.03. The fourth-order valence-electron chi connectivity index (χ4n) is 2.86. The van der Waals surface area contributed by atoms with Crippen molar-refractivity contribution in [2.45, 2.75) is 32.6 Å². The lowest BCUT2D eigenvalue weighted by Crippen LogP contribution is -2.34. The van der Waals surface area contributed by atoms with Crippen LogP contribution >= 0.6 is 0 Å². The number of benzene rings is 1. The number of nitrogen functional groups attached to an aromatic ring is 1. The Bertz CT molecular complexity index is 428. The molecular weight excluding hydrogens is 243 g/mol. The lowest BCUT2D eigenvalue weighted by atomic mass is 9.92. The van der Waals surface area contributed by atoms with Gasteiger partial charge >= 0.3 is 0 Å². The van der Waals surface area contributed by atoms with Crippen molar-refractivity contribution in [2.75, 3.05) is 30.8 Å². The van der Waals surface area contributed by atoms with E-state index in [0.717, 1.165) is 24.7 Å². The highest BCUT2D eigenvalue weighted by molar-refractivity contribution is 5.70. The first kappa shape index (κ1) is 14.0. The van der Waals surface area contributed by atoms with Gasteiger partial charge in [0.1, 0.15) is 0 Å². The minimum Gasteiger partial charge on any atom is -0.494 e. The Morgan fingerprint density at radius 3 is 2.63 bits per heavy atom. The van der Waals surface area contributed by atoms with Gasteiger partial charge < -0.3 is 15.4 Å². The number of nitrogens with zero attached hydrogens (tertiary/aromatic N) is 1. The molecule has 0 radical (unpaired) electrons. The van der Waals surface area contributed by atoms with Crippen LogP contribution in [0.1, 0.15) is 32.6 Å². The summed E-state index contributed by atoms with van der Waals surface area (Å²) < 4.78 is 18.6. The minimum absolute atomic E-state index is 0.264. The molecule has 106 valence electrons. The highest BCUT2D eigenvalue weighted by atomic mass is 19.1. The lowest BCUT2D eigenvalue weighted by molar-refractivity contribution is 0.375. The Morgan fingerprint density at radius 1 is 1.37 bits per heavy atom. The van der Waals surface area contributed by atoms with Gasteiger partial charge in [0.2, 0.25) is 0 Å². The summed E-state index contributed by atoms with van der Waals surface area (Å²) in [6.07, 6.45) is 4.92. The van der Waals surface area contributed by atoms with E-state index in [0.29, 0.717) is 5.69 Å². The Morgan fingerprint density at radius 2 is 2.05 bits per heavy atom. The molecule has 1 aliphatic rings. The molecule has 0 amide bonds. The van der Waals surface area contributed by atoms with Crippen LogP contribution < -0.4 is 15.4 Å². The van der Waals surface area contributed by atoms with E-state index in [9.17, 15) is 4.39 Å². The van der Waals surface area contributed by atoms with Gasteiger partial charge in [-0.2, -0.15) is 0 Å². The third-order valence-electron chi connectivity index (χ3n) is 3.95. The Labute approximate surface area is 114 Å². The molecule has 0 saturated carbocycles. The molecule has 2 rings (SSSR count). The van der Waals surface area contributed by atoms with Gasteiger partial charge in [-0.15, -0.1) is 0 Å². The number of anilines is 2. The van der Waals surface area contributed by atoms with Crippen molar-refractivity contribution in [1.29, 1.82) is 0 Å². The summed E-state index contributed by atoms with van der Waals surface area (Å²) in [5.41, 5.74) is 7.32. The maximum absolute atomic E-state index is 13.5. The van der Waals surface area contributed by atoms with Gasteiger partial charge in [0.25, 0.3) is 0 Å². The zero-order chi connectivity index (χ0) is 13.8. The van der Waals surface area contributed by atoms with Gasteiger partial charge in [0, 0.05) is 25.2 Å². The van der Waals surface area contributed by atoms with Crippen molar-refractivity contribution in [1.82, 2.24) is 0 Å². The summed E-state index contributed by atoms with van der Waals surface area (Å²) in [6, 6.07) is 3.07. The fourth-order valence-corrected chi connectivity index (χ4v) is 2.86. The molecule has 1 aliphatic heterocycles. The standard InChI is InChI=1S/C15H23FN2O/c1-3-4-11-5-7-18(8-6-11)14-10-15(19-2)12(16)9-13(14)17/h9-11H,3-8,17H2,1-2H3. The molecule has 1 saturated heterocycles. The SMILES string of the molecule is CCCC1CCN(c2cc(OC)c(F)cc2N)CC1. The van der Waals surface area contributed by atoms with E-state index >= 15 is 0 Å². The molecule has 2 N–H and O–H groups in total. The second-order valence-electron chi connectivity index (χ2n) is 5.26. The van der Waals surface area contributed by atoms with Crippen molar-refractivity contribution in [2.24, 2.45) is 5.92 Å². The monoisotopic (exact) mass is 266 g/mol. The van der Waals surface area contributed by atoms with Crippen LogP contribution in [0, 0.1) is 11.7 Å². The van der Waals surface area contributed by atoms with Crippen molar-refractivity contribution in [3.05, 3.63) is 17.9 Å². The predicted molar refractivity (Wildman–Crippen MR) is 77.2 cm³/mol. The number of hydrogen-bond donors (Lipinski definition) is 1. The number of ether oxygens (including phenoxy) is 1. The molecule has 0 unspecified atom stereocenters. The molecule has 1 fully saturated rings. The number of halogens is 1. The molecular formula is C15H23FN2O. The van der Waals surface area contributed by atoms with Gasteiger partial charge in [-0.05, 0) is 18.8 Å². The Kier molecular flexibility index (Phi) is 4.51. The number of rotatable bonds is 4. The summed E-state index contributed by atoms with van der Waals surface area (Å²) >= 11 is 0. The van der Waals surface area contributed by atoms with Crippen LogP contribution in [-0.2, 0) is 0 Å². The van der Waals surface area contributed by atoms with Crippen LogP contribution in [0.25, 0.3) is 0 Å². The molecule has 0 atom stereocenters. The number of methoxy groups -OCH3 is 1. The van der Waals surface area contributed by atoms with E-state index in [1.165, 1.54) is 38.9 Å². The molecule has 1 aromatic carbocycles. The Balaban J connectivity index is 2.11. The number of nitrogens with two attached hydrogens (primary N) is 1. The topological polar surface area (TPSA) is 38.5 Å². The molecule has 1 heterocycles. The lowest BCUT2D eigenvalue weighted by Gasteiger charge is -2.34. The third-order valence-corrected chi connectivity index (χ3v) is 3.95. The molecule has 0 aromatic heterocycles. The maximum atomic E-state index is 13.5. The first-order valence-electron chi connectivity index (χ1n) is 7.03. The van der Waals surface area contributed by atoms with Gasteiger partial charge in [-0.1, -0.05) is 19.8 Å². The van der Waals surface area contributed by atoms with Gasteiger partial charge in [0.15, 0.2) is 11.6 Å². The number of hydrogen-bond acceptors (Lipinski definition) is 3. The summed E-state index contributed by atoms with van der Waals surface area (Å²) in [4.78, 5) is 2.24. The second-order valence-corrected chi connectivity index (χ2v) is 5.26. The molecule has 1 aromatic rings. The van der Waals surface area contributed by atoms with Crippen molar-refractivity contribution in [3.63, 3.8) is 0 Å². The third kappa shape index (κ3) is 3.11. The molecule has 0 spiro atoms. The fraction of sp³-hybridized carbons (Fsp3) is 0.600. The van der Waals surface area contributed by atoms with E-state index in [-0.39, 0.29) is 5.75 Å².